The maximum absolute atomic E-state index is 11.9. The van der Waals surface area contributed by atoms with Gasteiger partial charge in [-0.15, -0.1) is 0 Å². The van der Waals surface area contributed by atoms with Crippen LogP contribution in [0, 0.1) is 22.0 Å². The average molecular weight is 357 g/mol. The molecule has 1 aliphatic heterocycles. The normalized spacial score (nSPS) is 18.2. The number of hydrogen-bond donors (Lipinski definition) is 0. The van der Waals surface area contributed by atoms with Crippen molar-refractivity contribution in [2.75, 3.05) is 4.90 Å². The topological polar surface area (TPSA) is 125 Å². The minimum absolute atomic E-state index is 0.106. The first kappa shape index (κ1) is 17.6. The van der Waals surface area contributed by atoms with Crippen molar-refractivity contribution in [3.63, 3.8) is 0 Å². The van der Waals surface area contributed by atoms with Gasteiger partial charge in [0.2, 0.25) is 0 Å². The van der Waals surface area contributed by atoms with E-state index in [9.17, 15) is 20.0 Å². The SMILES string of the molecule is CC1=C(C(=O)[O-])C(C(C)C)C([N+](=O)[O-])=C(C)N1c1cccc2nonc12. The Bertz CT molecular complexity index is 934. The van der Waals surface area contributed by atoms with Crippen LogP contribution in [-0.2, 0) is 4.79 Å². The fraction of sp³-hybridized carbons (Fsp3) is 0.353. The quantitative estimate of drug-likeness (QED) is 0.599. The number of aromatic nitrogens is 2. The van der Waals surface area contributed by atoms with Crippen molar-refractivity contribution in [1.29, 1.82) is 0 Å². The van der Waals surface area contributed by atoms with Crippen molar-refractivity contribution < 1.29 is 19.5 Å². The molecule has 1 aromatic carbocycles. The Morgan fingerprint density at radius 3 is 2.54 bits per heavy atom. The zero-order valence-corrected chi connectivity index (χ0v) is 14.7. The molecule has 0 N–H and O–H groups in total. The number of benzene rings is 1. The number of carboxylic acids is 1. The molecule has 3 rings (SSSR count). The Kier molecular flexibility index (Phi) is 4.23. The molecular formula is C17H17N4O5-. The van der Waals surface area contributed by atoms with E-state index in [0.29, 0.717) is 28.1 Å². The van der Waals surface area contributed by atoms with Crippen molar-refractivity contribution in [1.82, 2.24) is 10.3 Å². The molecular weight excluding hydrogens is 340 g/mol. The van der Waals surface area contributed by atoms with Crippen LogP contribution in [0.15, 0.2) is 45.5 Å². The zero-order valence-electron chi connectivity index (χ0n) is 14.7. The molecule has 1 aliphatic rings. The first-order chi connectivity index (χ1) is 12.3. The van der Waals surface area contributed by atoms with Crippen molar-refractivity contribution in [2.45, 2.75) is 27.7 Å². The summed E-state index contributed by atoms with van der Waals surface area (Å²) in [5.41, 5.74) is 1.71. The second-order valence-corrected chi connectivity index (χ2v) is 6.48. The number of carbonyl (C=O) groups is 1. The summed E-state index contributed by atoms with van der Waals surface area (Å²) in [7, 11) is 0. The molecule has 0 radical (unpaired) electrons. The number of rotatable bonds is 4. The molecule has 1 aromatic heterocycles. The van der Waals surface area contributed by atoms with Crippen LogP contribution < -0.4 is 10.0 Å². The van der Waals surface area contributed by atoms with Crippen molar-refractivity contribution in [2.24, 2.45) is 11.8 Å². The standard InChI is InChI=1S/C17H18N4O5/c1-8(2)13-14(17(22)23)9(3)20(10(4)16(13)21(24)25)12-7-5-6-11-15(12)19-26-18-11/h5-8,13H,1-4H3,(H,22,23)/p-1. The van der Waals surface area contributed by atoms with Gasteiger partial charge >= 0.3 is 0 Å². The van der Waals surface area contributed by atoms with Gasteiger partial charge in [-0.05, 0) is 42.2 Å². The monoisotopic (exact) mass is 357 g/mol. The number of allylic oxidation sites excluding steroid dienone is 3. The summed E-state index contributed by atoms with van der Waals surface area (Å²) in [6.45, 7) is 6.69. The average Bonchev–Trinajstić information content (AvgIpc) is 3.02. The summed E-state index contributed by atoms with van der Waals surface area (Å²) in [6, 6.07) is 5.06. The van der Waals surface area contributed by atoms with Crippen LogP contribution in [-0.4, -0.2) is 21.2 Å². The number of fused-ring (bicyclic) bond motifs is 1. The van der Waals surface area contributed by atoms with E-state index >= 15 is 0 Å². The van der Waals surface area contributed by atoms with Gasteiger partial charge in [-0.2, -0.15) is 0 Å². The van der Waals surface area contributed by atoms with Crippen LogP contribution in [0.4, 0.5) is 5.69 Å². The number of hydrogen-bond acceptors (Lipinski definition) is 8. The predicted octanol–water partition coefficient (Wildman–Crippen LogP) is 1.85. The number of nitro groups is 1. The lowest BCUT2D eigenvalue weighted by Crippen LogP contribution is -2.41. The highest BCUT2D eigenvalue weighted by Gasteiger charge is 2.42. The molecule has 0 saturated heterocycles. The van der Waals surface area contributed by atoms with E-state index in [1.54, 1.807) is 45.9 Å². The van der Waals surface area contributed by atoms with Crippen LogP contribution >= 0.6 is 0 Å². The van der Waals surface area contributed by atoms with Gasteiger partial charge in [-0.25, -0.2) is 4.63 Å². The molecule has 0 spiro atoms. The van der Waals surface area contributed by atoms with Crippen LogP contribution in [0.2, 0.25) is 0 Å². The third-order valence-electron chi connectivity index (χ3n) is 4.63. The third-order valence-corrected chi connectivity index (χ3v) is 4.63. The second kappa shape index (κ2) is 6.25. The second-order valence-electron chi connectivity index (χ2n) is 6.48. The minimum atomic E-state index is -1.43. The lowest BCUT2D eigenvalue weighted by atomic mass is 9.81. The number of aliphatic carboxylic acids is 1. The van der Waals surface area contributed by atoms with Gasteiger partial charge in [0.15, 0.2) is 5.52 Å². The summed E-state index contributed by atoms with van der Waals surface area (Å²) < 4.78 is 4.75. The van der Waals surface area contributed by atoms with Gasteiger partial charge in [0, 0.05) is 11.3 Å². The van der Waals surface area contributed by atoms with E-state index in [-0.39, 0.29) is 17.2 Å². The zero-order chi connectivity index (χ0) is 19.2. The summed E-state index contributed by atoms with van der Waals surface area (Å²) in [5, 5.41) is 31.3. The molecule has 26 heavy (non-hydrogen) atoms. The van der Waals surface area contributed by atoms with E-state index in [1.807, 2.05) is 0 Å². The van der Waals surface area contributed by atoms with Gasteiger partial charge in [0.1, 0.15) is 5.52 Å². The Balaban J connectivity index is 2.35. The van der Waals surface area contributed by atoms with E-state index in [0.717, 1.165) is 0 Å². The first-order valence-electron chi connectivity index (χ1n) is 8.04. The Labute approximate surface area is 148 Å². The maximum atomic E-state index is 11.9. The van der Waals surface area contributed by atoms with Crippen LogP contribution in [0.25, 0.3) is 11.0 Å². The molecule has 1 unspecified atom stereocenters. The highest BCUT2D eigenvalue weighted by atomic mass is 16.6. The van der Waals surface area contributed by atoms with Gasteiger partial charge < -0.3 is 14.8 Å². The molecule has 9 nitrogen and oxygen atoms in total. The number of carbonyl (C=O) groups excluding carboxylic acids is 1. The third kappa shape index (κ3) is 2.52. The Morgan fingerprint density at radius 2 is 1.96 bits per heavy atom. The number of nitrogens with zero attached hydrogens (tertiary/aromatic N) is 4. The van der Waals surface area contributed by atoms with Crippen LogP contribution in [0.3, 0.4) is 0 Å². The molecule has 0 amide bonds. The largest absolute Gasteiger partial charge is 0.545 e. The van der Waals surface area contributed by atoms with Gasteiger partial charge in [0.05, 0.1) is 28.2 Å². The Morgan fingerprint density at radius 1 is 1.27 bits per heavy atom. The molecule has 0 bridgehead atoms. The lowest BCUT2D eigenvalue weighted by molar-refractivity contribution is -0.435. The van der Waals surface area contributed by atoms with E-state index in [2.05, 4.69) is 10.3 Å². The fourth-order valence-corrected chi connectivity index (χ4v) is 3.58. The van der Waals surface area contributed by atoms with Crippen molar-refractivity contribution in [3.05, 3.63) is 51.0 Å². The molecule has 1 atom stereocenters. The molecule has 0 fully saturated rings. The van der Waals surface area contributed by atoms with Crippen molar-refractivity contribution in [3.8, 4) is 0 Å². The minimum Gasteiger partial charge on any atom is -0.545 e. The molecule has 136 valence electrons. The molecule has 2 heterocycles. The summed E-state index contributed by atoms with van der Waals surface area (Å²) in [6.07, 6.45) is 0. The molecule has 0 aliphatic carbocycles. The molecule has 9 heteroatoms. The van der Waals surface area contributed by atoms with Gasteiger partial charge in [-0.1, -0.05) is 19.9 Å². The molecule has 2 aromatic rings. The summed E-state index contributed by atoms with van der Waals surface area (Å²) in [5.74, 6) is -2.59. The number of carboxylic acid groups (broad SMARTS) is 1. The lowest BCUT2D eigenvalue weighted by Gasteiger charge is -2.37. The van der Waals surface area contributed by atoms with Gasteiger partial charge in [0.25, 0.3) is 5.70 Å². The van der Waals surface area contributed by atoms with Crippen molar-refractivity contribution >= 4 is 22.7 Å². The smallest absolute Gasteiger partial charge is 0.273 e. The van der Waals surface area contributed by atoms with E-state index in [1.165, 1.54) is 4.90 Å². The van der Waals surface area contributed by atoms with E-state index < -0.39 is 16.8 Å². The first-order valence-corrected chi connectivity index (χ1v) is 8.04. The van der Waals surface area contributed by atoms with E-state index in [4.69, 9.17) is 4.63 Å². The predicted molar refractivity (Wildman–Crippen MR) is 90.0 cm³/mol. The highest BCUT2D eigenvalue weighted by Crippen LogP contribution is 2.42. The van der Waals surface area contributed by atoms with Crippen LogP contribution in [0.1, 0.15) is 27.7 Å². The molecule has 0 saturated carbocycles. The summed E-state index contributed by atoms with van der Waals surface area (Å²) in [4.78, 5) is 24.6. The highest BCUT2D eigenvalue weighted by molar-refractivity contribution is 5.93. The van der Waals surface area contributed by atoms with Gasteiger partial charge in [-0.3, -0.25) is 10.1 Å². The van der Waals surface area contributed by atoms with Crippen LogP contribution in [0.5, 0.6) is 0 Å². The number of anilines is 1. The fourth-order valence-electron chi connectivity index (χ4n) is 3.58. The Hall–Kier alpha value is -3.23. The maximum Gasteiger partial charge on any atom is 0.273 e. The summed E-state index contributed by atoms with van der Waals surface area (Å²) >= 11 is 0.